The van der Waals surface area contributed by atoms with Crippen molar-refractivity contribution in [3.8, 4) is 0 Å². The topological polar surface area (TPSA) is 48.0 Å². The maximum Gasteiger partial charge on any atom is 0.0940 e. The minimum atomic E-state index is -0.541. The Morgan fingerprint density at radius 1 is 1.28 bits per heavy atom. The fraction of sp³-hybridized carbons (Fsp3) is 0.286. The van der Waals surface area contributed by atoms with E-state index in [0.29, 0.717) is 5.02 Å². The van der Waals surface area contributed by atoms with Gasteiger partial charge in [-0.1, -0.05) is 23.7 Å². The summed E-state index contributed by atoms with van der Waals surface area (Å²) >= 11 is 5.82. The van der Waals surface area contributed by atoms with Crippen LogP contribution in [-0.4, -0.2) is 16.1 Å². The molecule has 0 bridgehead atoms. The molecular weight excluding hydrogens is 248 g/mol. The second kappa shape index (κ2) is 6.05. The number of hydrogen-bond donors (Lipinski definition) is 3. The average Bonchev–Trinajstić information content (AvgIpc) is 2.89. The lowest BCUT2D eigenvalue weighted by atomic mass is 10.0. The van der Waals surface area contributed by atoms with E-state index in [9.17, 15) is 5.11 Å². The molecular formula is C14H17ClN2O. The molecule has 0 aliphatic rings. The number of halogens is 1. The number of nitrogens with one attached hydrogen (secondary N) is 2. The van der Waals surface area contributed by atoms with Gasteiger partial charge < -0.3 is 15.4 Å². The molecule has 0 radical (unpaired) electrons. The molecule has 2 unspecified atom stereocenters. The lowest BCUT2D eigenvalue weighted by Crippen LogP contribution is -2.31. The van der Waals surface area contributed by atoms with Crippen LogP contribution in [-0.2, 0) is 6.54 Å². The van der Waals surface area contributed by atoms with E-state index < -0.39 is 6.10 Å². The van der Waals surface area contributed by atoms with E-state index >= 15 is 0 Å². The molecule has 0 aliphatic heterocycles. The Labute approximate surface area is 112 Å². The second-order valence-corrected chi connectivity index (χ2v) is 4.82. The number of aliphatic hydroxyl groups excluding tert-OH is 1. The fourth-order valence-electron chi connectivity index (χ4n) is 1.81. The van der Waals surface area contributed by atoms with Crippen LogP contribution in [0, 0.1) is 0 Å². The Hall–Kier alpha value is -1.29. The van der Waals surface area contributed by atoms with E-state index in [1.54, 1.807) is 12.1 Å². The summed E-state index contributed by atoms with van der Waals surface area (Å²) in [6.45, 7) is 2.70. The van der Waals surface area contributed by atoms with Gasteiger partial charge in [-0.25, -0.2) is 0 Å². The lowest BCUT2D eigenvalue weighted by Gasteiger charge is -2.20. The number of H-pyrrole nitrogens is 1. The van der Waals surface area contributed by atoms with Crippen LogP contribution in [0.3, 0.4) is 0 Å². The molecule has 0 saturated carbocycles. The molecule has 18 heavy (non-hydrogen) atoms. The number of benzene rings is 1. The van der Waals surface area contributed by atoms with Gasteiger partial charge in [-0.05, 0) is 36.2 Å². The summed E-state index contributed by atoms with van der Waals surface area (Å²) in [6.07, 6.45) is 3.28. The second-order valence-electron chi connectivity index (χ2n) is 4.39. The van der Waals surface area contributed by atoms with E-state index in [1.165, 1.54) is 5.56 Å². The molecule has 96 valence electrons. The molecule has 4 heteroatoms. The van der Waals surface area contributed by atoms with Crippen molar-refractivity contribution < 1.29 is 5.11 Å². The Bertz CT molecular complexity index is 467. The summed E-state index contributed by atoms with van der Waals surface area (Å²) in [4.78, 5) is 3.00. The molecule has 0 amide bonds. The van der Waals surface area contributed by atoms with Crippen molar-refractivity contribution in [2.45, 2.75) is 25.6 Å². The van der Waals surface area contributed by atoms with Crippen LogP contribution in [0.4, 0.5) is 0 Å². The third kappa shape index (κ3) is 3.35. The monoisotopic (exact) mass is 264 g/mol. The van der Waals surface area contributed by atoms with Gasteiger partial charge in [0.05, 0.1) is 6.10 Å². The Morgan fingerprint density at radius 3 is 2.61 bits per heavy atom. The van der Waals surface area contributed by atoms with Crippen LogP contribution in [0.5, 0.6) is 0 Å². The molecule has 3 N–H and O–H groups in total. The molecule has 1 heterocycles. The third-order valence-corrected chi connectivity index (χ3v) is 3.23. The van der Waals surface area contributed by atoms with Gasteiger partial charge in [-0.15, -0.1) is 0 Å². The molecule has 0 spiro atoms. The van der Waals surface area contributed by atoms with Crippen molar-refractivity contribution >= 4 is 11.6 Å². The van der Waals surface area contributed by atoms with Crippen molar-refractivity contribution in [3.05, 3.63) is 58.9 Å². The maximum absolute atomic E-state index is 10.2. The standard InChI is InChI=1S/C14H17ClN2O/c1-10(17-9-11-6-7-16-8-11)14(18)12-2-4-13(15)5-3-12/h2-8,10,14,16-18H,9H2,1H3. The van der Waals surface area contributed by atoms with Crippen LogP contribution in [0.2, 0.25) is 5.02 Å². The zero-order valence-electron chi connectivity index (χ0n) is 10.2. The van der Waals surface area contributed by atoms with Crippen LogP contribution in [0.25, 0.3) is 0 Å². The summed E-state index contributed by atoms with van der Waals surface area (Å²) in [5.74, 6) is 0. The van der Waals surface area contributed by atoms with Gasteiger partial charge in [0.2, 0.25) is 0 Å². The summed E-state index contributed by atoms with van der Waals surface area (Å²) < 4.78 is 0. The third-order valence-electron chi connectivity index (χ3n) is 2.98. The molecule has 0 saturated heterocycles. The SMILES string of the molecule is CC(NCc1cc[nH]c1)C(O)c1ccc(Cl)cc1. The van der Waals surface area contributed by atoms with Gasteiger partial charge in [0, 0.05) is 30.0 Å². The number of aliphatic hydroxyl groups is 1. The van der Waals surface area contributed by atoms with Gasteiger partial charge >= 0.3 is 0 Å². The zero-order chi connectivity index (χ0) is 13.0. The predicted molar refractivity (Wildman–Crippen MR) is 73.5 cm³/mol. The first kappa shape index (κ1) is 13.1. The highest BCUT2D eigenvalue weighted by molar-refractivity contribution is 6.30. The quantitative estimate of drug-likeness (QED) is 0.778. The highest BCUT2D eigenvalue weighted by Gasteiger charge is 2.15. The minimum Gasteiger partial charge on any atom is -0.387 e. The molecule has 1 aromatic carbocycles. The van der Waals surface area contributed by atoms with Gasteiger partial charge in [-0.3, -0.25) is 0 Å². The molecule has 2 aromatic rings. The highest BCUT2D eigenvalue weighted by Crippen LogP contribution is 2.19. The number of aromatic amines is 1. The van der Waals surface area contributed by atoms with Crippen LogP contribution in [0.15, 0.2) is 42.7 Å². The van der Waals surface area contributed by atoms with E-state index in [0.717, 1.165) is 12.1 Å². The van der Waals surface area contributed by atoms with Crippen molar-refractivity contribution in [1.82, 2.24) is 10.3 Å². The van der Waals surface area contributed by atoms with Crippen LogP contribution < -0.4 is 5.32 Å². The molecule has 0 aliphatic carbocycles. The highest BCUT2D eigenvalue weighted by atomic mass is 35.5. The summed E-state index contributed by atoms with van der Waals surface area (Å²) in [7, 11) is 0. The normalized spacial score (nSPS) is 14.4. The van der Waals surface area contributed by atoms with Gasteiger partial charge in [0.25, 0.3) is 0 Å². The van der Waals surface area contributed by atoms with Crippen molar-refractivity contribution in [1.29, 1.82) is 0 Å². The summed E-state index contributed by atoms with van der Waals surface area (Å²) in [5, 5.41) is 14.2. The van der Waals surface area contributed by atoms with Crippen molar-refractivity contribution in [2.75, 3.05) is 0 Å². The Morgan fingerprint density at radius 2 is 2.00 bits per heavy atom. The Kier molecular flexibility index (Phi) is 4.42. The van der Waals surface area contributed by atoms with E-state index in [2.05, 4.69) is 10.3 Å². The minimum absolute atomic E-state index is 0.0268. The number of aromatic nitrogens is 1. The largest absolute Gasteiger partial charge is 0.387 e. The zero-order valence-corrected chi connectivity index (χ0v) is 11.0. The van der Waals surface area contributed by atoms with Gasteiger partial charge in [0.15, 0.2) is 0 Å². The summed E-state index contributed by atoms with van der Waals surface area (Å²) in [6, 6.07) is 9.26. The number of hydrogen-bond acceptors (Lipinski definition) is 2. The average molecular weight is 265 g/mol. The first-order valence-corrected chi connectivity index (χ1v) is 6.33. The first-order chi connectivity index (χ1) is 8.66. The van der Waals surface area contributed by atoms with Gasteiger partial charge in [-0.2, -0.15) is 0 Å². The Balaban J connectivity index is 1.91. The summed E-state index contributed by atoms with van der Waals surface area (Å²) in [5.41, 5.74) is 2.04. The van der Waals surface area contributed by atoms with Crippen molar-refractivity contribution in [3.63, 3.8) is 0 Å². The molecule has 1 aromatic heterocycles. The fourth-order valence-corrected chi connectivity index (χ4v) is 1.93. The van der Waals surface area contributed by atoms with E-state index in [4.69, 9.17) is 11.6 Å². The van der Waals surface area contributed by atoms with E-state index in [-0.39, 0.29) is 6.04 Å². The smallest absolute Gasteiger partial charge is 0.0940 e. The molecule has 3 nitrogen and oxygen atoms in total. The predicted octanol–water partition coefficient (Wildman–Crippen LogP) is 2.88. The van der Waals surface area contributed by atoms with Crippen LogP contribution >= 0.6 is 11.6 Å². The van der Waals surface area contributed by atoms with Gasteiger partial charge in [0.1, 0.15) is 0 Å². The molecule has 2 atom stereocenters. The van der Waals surface area contributed by atoms with Crippen LogP contribution in [0.1, 0.15) is 24.2 Å². The van der Waals surface area contributed by atoms with E-state index in [1.807, 2.05) is 37.5 Å². The number of rotatable bonds is 5. The molecule has 0 fully saturated rings. The lowest BCUT2D eigenvalue weighted by molar-refractivity contribution is 0.135. The molecule has 2 rings (SSSR count). The first-order valence-electron chi connectivity index (χ1n) is 5.95. The maximum atomic E-state index is 10.2. The van der Waals surface area contributed by atoms with Crippen molar-refractivity contribution in [2.24, 2.45) is 0 Å².